The van der Waals surface area contributed by atoms with E-state index < -0.39 is 23.8 Å². The van der Waals surface area contributed by atoms with Gasteiger partial charge in [-0.15, -0.1) is 0 Å². The minimum absolute atomic E-state index is 0.0949. The highest BCUT2D eigenvalue weighted by atomic mass is 19.1. The molecule has 0 aromatic carbocycles. The molecule has 1 saturated heterocycles. The van der Waals surface area contributed by atoms with E-state index in [2.05, 4.69) is 4.98 Å². The Morgan fingerprint density at radius 3 is 3.06 bits per heavy atom. The maximum Gasteiger partial charge on any atom is 0.255 e. The summed E-state index contributed by atoms with van der Waals surface area (Å²) in [5.41, 5.74) is 4.78. The molecule has 1 aliphatic heterocycles. The molecule has 4 N–H and O–H groups in total. The number of aliphatic hydroxyl groups is 1. The summed E-state index contributed by atoms with van der Waals surface area (Å²) in [4.78, 5) is 13.6. The van der Waals surface area contributed by atoms with Crippen LogP contribution in [-0.4, -0.2) is 29.6 Å². The highest BCUT2D eigenvalue weighted by molar-refractivity contribution is 5.32. The number of halogens is 1. The number of hydrogen-bond donors (Lipinski definition) is 3. The van der Waals surface area contributed by atoms with Crippen LogP contribution in [-0.2, 0) is 9.47 Å². The monoisotopic (exact) mass is 230 g/mol. The van der Waals surface area contributed by atoms with Gasteiger partial charge in [0.05, 0.1) is 18.8 Å². The zero-order valence-electron chi connectivity index (χ0n) is 8.27. The lowest BCUT2D eigenvalue weighted by atomic mass is 10.1. The highest BCUT2D eigenvalue weighted by Gasteiger charge is 2.29. The molecule has 2 heterocycles. The summed E-state index contributed by atoms with van der Waals surface area (Å²) in [6.07, 6.45) is -1.46. The van der Waals surface area contributed by atoms with E-state index in [0.29, 0.717) is 0 Å². The van der Waals surface area contributed by atoms with Crippen LogP contribution in [0.4, 0.5) is 10.2 Å². The van der Waals surface area contributed by atoms with Gasteiger partial charge in [-0.05, 0) is 6.07 Å². The third kappa shape index (κ3) is 1.92. The summed E-state index contributed by atoms with van der Waals surface area (Å²) in [6, 6.07) is 1.02. The molecule has 7 heteroatoms. The molecule has 16 heavy (non-hydrogen) atoms. The summed E-state index contributed by atoms with van der Waals surface area (Å²) in [6.45, 7) is -0.219. The number of aliphatic hydroxyl groups excluding tert-OH is 1. The normalized spacial score (nSPS) is 24.9. The largest absolute Gasteiger partial charge is 0.391 e. The summed E-state index contributed by atoms with van der Waals surface area (Å²) in [7, 11) is 0. The molecule has 1 aliphatic rings. The number of H-pyrrole nitrogens is 1. The van der Waals surface area contributed by atoms with E-state index in [0.717, 1.165) is 6.07 Å². The maximum absolute atomic E-state index is 13.2. The van der Waals surface area contributed by atoms with E-state index in [9.17, 15) is 9.18 Å². The van der Waals surface area contributed by atoms with Gasteiger partial charge in [-0.25, -0.2) is 4.39 Å². The van der Waals surface area contributed by atoms with Crippen molar-refractivity contribution in [2.24, 2.45) is 0 Å². The number of anilines is 1. The Morgan fingerprint density at radius 1 is 1.69 bits per heavy atom. The van der Waals surface area contributed by atoms with E-state index in [1.807, 2.05) is 0 Å². The van der Waals surface area contributed by atoms with Gasteiger partial charge in [0.15, 0.2) is 12.1 Å². The molecule has 88 valence electrons. The number of aromatic nitrogens is 1. The second-order valence-electron chi connectivity index (χ2n) is 3.39. The van der Waals surface area contributed by atoms with Gasteiger partial charge in [0.1, 0.15) is 11.9 Å². The molecular weight excluding hydrogens is 219 g/mol. The number of hydrogen-bond acceptors (Lipinski definition) is 5. The van der Waals surface area contributed by atoms with Crippen molar-refractivity contribution >= 4 is 5.82 Å². The maximum atomic E-state index is 13.2. The molecule has 0 spiro atoms. The first-order valence-corrected chi connectivity index (χ1v) is 4.68. The van der Waals surface area contributed by atoms with Crippen molar-refractivity contribution in [3.8, 4) is 0 Å². The first-order valence-electron chi connectivity index (χ1n) is 4.68. The first kappa shape index (κ1) is 11.1. The predicted molar refractivity (Wildman–Crippen MR) is 52.1 cm³/mol. The molecule has 0 unspecified atom stereocenters. The smallest absolute Gasteiger partial charge is 0.255 e. The van der Waals surface area contributed by atoms with Gasteiger partial charge in [0, 0.05) is 0 Å². The molecule has 1 aromatic rings. The molecule has 1 aromatic heterocycles. The van der Waals surface area contributed by atoms with Crippen LogP contribution < -0.4 is 11.3 Å². The molecule has 2 atom stereocenters. The molecule has 6 nitrogen and oxygen atoms in total. The van der Waals surface area contributed by atoms with E-state index in [4.69, 9.17) is 20.3 Å². The zero-order chi connectivity index (χ0) is 11.7. The summed E-state index contributed by atoms with van der Waals surface area (Å²) in [5, 5.41) is 8.77. The van der Waals surface area contributed by atoms with Gasteiger partial charge in [-0.2, -0.15) is 0 Å². The Hall–Kier alpha value is -1.44. The fourth-order valence-corrected chi connectivity index (χ4v) is 1.49. The number of ether oxygens (including phenoxy) is 2. The molecule has 2 rings (SSSR count). The Morgan fingerprint density at radius 2 is 2.44 bits per heavy atom. The van der Waals surface area contributed by atoms with Crippen molar-refractivity contribution < 1.29 is 19.0 Å². The van der Waals surface area contributed by atoms with Crippen molar-refractivity contribution in [1.82, 2.24) is 4.98 Å². The molecule has 0 amide bonds. The Balaban J connectivity index is 2.28. The van der Waals surface area contributed by atoms with Crippen LogP contribution in [0, 0.1) is 5.82 Å². The Bertz CT molecular complexity index is 448. The summed E-state index contributed by atoms with van der Waals surface area (Å²) in [5.74, 6) is -1.03. The number of nitrogens with one attached hydrogen (secondary N) is 1. The summed E-state index contributed by atoms with van der Waals surface area (Å²) >= 11 is 0. The molecule has 0 saturated carbocycles. The SMILES string of the molecule is Nc1[nH]c(=O)c([C@H]2CO[C@H](CO)O2)cc1F. The molecule has 0 bridgehead atoms. The van der Waals surface area contributed by atoms with Crippen LogP contribution >= 0.6 is 0 Å². The van der Waals surface area contributed by atoms with Gasteiger partial charge in [0.25, 0.3) is 5.56 Å². The first-order chi connectivity index (χ1) is 7.61. The van der Waals surface area contributed by atoms with Gasteiger partial charge in [-0.1, -0.05) is 0 Å². The quantitative estimate of drug-likeness (QED) is 0.636. The summed E-state index contributed by atoms with van der Waals surface area (Å²) < 4.78 is 23.3. The van der Waals surface area contributed by atoms with E-state index >= 15 is 0 Å². The van der Waals surface area contributed by atoms with Crippen molar-refractivity contribution in [2.75, 3.05) is 18.9 Å². The van der Waals surface area contributed by atoms with Crippen molar-refractivity contribution in [1.29, 1.82) is 0 Å². The van der Waals surface area contributed by atoms with Crippen LogP contribution in [0.15, 0.2) is 10.9 Å². The van der Waals surface area contributed by atoms with Gasteiger partial charge < -0.3 is 25.3 Å². The number of nitrogen functional groups attached to an aromatic ring is 1. The second kappa shape index (κ2) is 4.20. The third-order valence-electron chi connectivity index (χ3n) is 2.30. The average molecular weight is 230 g/mol. The van der Waals surface area contributed by atoms with Crippen LogP contribution in [0.2, 0.25) is 0 Å². The molecule has 1 fully saturated rings. The Kier molecular flexibility index (Phi) is 2.90. The second-order valence-corrected chi connectivity index (χ2v) is 3.39. The lowest BCUT2D eigenvalue weighted by molar-refractivity contribution is -0.0883. The van der Waals surface area contributed by atoms with Gasteiger partial charge >= 0.3 is 0 Å². The zero-order valence-corrected chi connectivity index (χ0v) is 8.27. The van der Waals surface area contributed by atoms with Crippen LogP contribution in [0.1, 0.15) is 11.7 Å². The Labute approximate surface area is 89.8 Å². The van der Waals surface area contributed by atoms with E-state index in [1.165, 1.54) is 0 Å². The van der Waals surface area contributed by atoms with Crippen LogP contribution in [0.5, 0.6) is 0 Å². The minimum Gasteiger partial charge on any atom is -0.391 e. The van der Waals surface area contributed by atoms with Crippen molar-refractivity contribution in [2.45, 2.75) is 12.4 Å². The standard InChI is InChI=1S/C9H11FN2O4/c10-5-1-4(9(14)12-8(5)11)6-3-15-7(2-13)16-6/h1,6-7,13H,2-3H2,(H3,11,12,14)/t6-,7+/m1/s1. The predicted octanol–water partition coefficient (Wildman–Crippen LogP) is -0.498. The molecular formula is C9H11FN2O4. The van der Waals surface area contributed by atoms with Crippen molar-refractivity contribution in [3.63, 3.8) is 0 Å². The third-order valence-corrected chi connectivity index (χ3v) is 2.30. The van der Waals surface area contributed by atoms with E-state index in [1.54, 1.807) is 0 Å². The highest BCUT2D eigenvalue weighted by Crippen LogP contribution is 2.24. The topological polar surface area (TPSA) is 97.6 Å². The fraction of sp³-hybridized carbons (Fsp3) is 0.444. The molecule has 0 radical (unpaired) electrons. The van der Waals surface area contributed by atoms with E-state index in [-0.39, 0.29) is 24.6 Å². The van der Waals surface area contributed by atoms with Crippen molar-refractivity contribution in [3.05, 3.63) is 27.8 Å². The minimum atomic E-state index is -0.773. The number of nitrogens with two attached hydrogens (primary N) is 1. The average Bonchev–Trinajstić information content (AvgIpc) is 2.71. The lowest BCUT2D eigenvalue weighted by Crippen LogP contribution is -2.20. The van der Waals surface area contributed by atoms with Crippen LogP contribution in [0.25, 0.3) is 0 Å². The fourth-order valence-electron chi connectivity index (χ4n) is 1.49. The van der Waals surface area contributed by atoms with Gasteiger partial charge in [0.2, 0.25) is 0 Å². The number of aromatic amines is 1. The van der Waals surface area contributed by atoms with Crippen LogP contribution in [0.3, 0.4) is 0 Å². The molecule has 0 aliphatic carbocycles. The lowest BCUT2D eigenvalue weighted by Gasteiger charge is -2.09. The number of pyridine rings is 1. The van der Waals surface area contributed by atoms with Gasteiger partial charge in [-0.3, -0.25) is 4.79 Å². The number of rotatable bonds is 2.